The number of rotatable bonds is 7. The maximum atomic E-state index is 9.42. The molecule has 1 atom stereocenters. The molecule has 3 heteroatoms. The summed E-state index contributed by atoms with van der Waals surface area (Å²) in [5, 5.41) is 9.42. The Morgan fingerprint density at radius 2 is 2.00 bits per heavy atom. The Balaban J connectivity index is 2.33. The van der Waals surface area contributed by atoms with E-state index in [0.717, 1.165) is 30.8 Å². The second kappa shape index (κ2) is 7.25. The fraction of sp³-hybridized carbons (Fsp3) is 0.538. The Morgan fingerprint density at radius 1 is 1.25 bits per heavy atom. The van der Waals surface area contributed by atoms with Crippen LogP contribution in [0.1, 0.15) is 31.4 Å². The van der Waals surface area contributed by atoms with E-state index in [4.69, 9.17) is 9.47 Å². The van der Waals surface area contributed by atoms with Gasteiger partial charge in [-0.1, -0.05) is 12.1 Å². The van der Waals surface area contributed by atoms with Crippen LogP contribution in [0.25, 0.3) is 0 Å². The summed E-state index contributed by atoms with van der Waals surface area (Å²) in [6.07, 6.45) is 1.54. The lowest BCUT2D eigenvalue weighted by atomic mass is 10.1. The largest absolute Gasteiger partial charge is 0.494 e. The Kier molecular flexibility index (Phi) is 5.90. The maximum absolute atomic E-state index is 9.42. The predicted molar refractivity (Wildman–Crippen MR) is 63.7 cm³/mol. The van der Waals surface area contributed by atoms with Crippen LogP contribution in [0.4, 0.5) is 0 Å². The SMILES string of the molecule is COCCCCOc1cccc([C@@H](C)O)c1. The average molecular weight is 224 g/mol. The van der Waals surface area contributed by atoms with Crippen LogP contribution < -0.4 is 4.74 Å². The molecule has 90 valence electrons. The highest BCUT2D eigenvalue weighted by atomic mass is 16.5. The number of aliphatic hydroxyl groups is 1. The summed E-state index contributed by atoms with van der Waals surface area (Å²) in [6, 6.07) is 7.57. The van der Waals surface area contributed by atoms with Gasteiger partial charge in [-0.15, -0.1) is 0 Å². The minimum atomic E-state index is -0.447. The van der Waals surface area contributed by atoms with Crippen molar-refractivity contribution in [2.45, 2.75) is 25.9 Å². The van der Waals surface area contributed by atoms with Gasteiger partial charge in [0.2, 0.25) is 0 Å². The van der Waals surface area contributed by atoms with Crippen LogP contribution in [0.15, 0.2) is 24.3 Å². The number of aliphatic hydroxyl groups excluding tert-OH is 1. The molecule has 0 aromatic heterocycles. The Labute approximate surface area is 97.0 Å². The minimum absolute atomic E-state index is 0.447. The first kappa shape index (κ1) is 13.0. The number of unbranched alkanes of at least 4 members (excludes halogenated alkanes) is 1. The van der Waals surface area contributed by atoms with Gasteiger partial charge in [-0.3, -0.25) is 0 Å². The van der Waals surface area contributed by atoms with Crippen molar-refractivity contribution >= 4 is 0 Å². The van der Waals surface area contributed by atoms with Gasteiger partial charge in [0.05, 0.1) is 12.7 Å². The molecule has 1 aromatic rings. The third-order valence-corrected chi connectivity index (χ3v) is 2.35. The lowest BCUT2D eigenvalue weighted by Gasteiger charge is -2.09. The zero-order valence-corrected chi connectivity index (χ0v) is 9.98. The van der Waals surface area contributed by atoms with Gasteiger partial charge in [-0.05, 0) is 37.5 Å². The molecule has 0 saturated carbocycles. The van der Waals surface area contributed by atoms with Crippen molar-refractivity contribution in [2.24, 2.45) is 0 Å². The number of benzene rings is 1. The summed E-state index contributed by atoms with van der Waals surface area (Å²) < 4.78 is 10.5. The van der Waals surface area contributed by atoms with Gasteiger partial charge in [-0.25, -0.2) is 0 Å². The van der Waals surface area contributed by atoms with Gasteiger partial charge in [0.1, 0.15) is 5.75 Å². The summed E-state index contributed by atoms with van der Waals surface area (Å²) in [6.45, 7) is 3.21. The lowest BCUT2D eigenvalue weighted by molar-refractivity contribution is 0.183. The Bertz CT molecular complexity index is 297. The predicted octanol–water partition coefficient (Wildman–Crippen LogP) is 2.55. The van der Waals surface area contributed by atoms with Crippen molar-refractivity contribution < 1.29 is 14.6 Å². The molecule has 16 heavy (non-hydrogen) atoms. The smallest absolute Gasteiger partial charge is 0.119 e. The molecule has 0 aliphatic rings. The maximum Gasteiger partial charge on any atom is 0.119 e. The van der Waals surface area contributed by atoms with E-state index in [1.807, 2.05) is 24.3 Å². The summed E-state index contributed by atoms with van der Waals surface area (Å²) in [5.41, 5.74) is 0.884. The van der Waals surface area contributed by atoms with Crippen LogP contribution in [0, 0.1) is 0 Å². The van der Waals surface area contributed by atoms with E-state index in [1.54, 1.807) is 14.0 Å². The second-order valence-corrected chi connectivity index (χ2v) is 3.80. The minimum Gasteiger partial charge on any atom is -0.494 e. The highest BCUT2D eigenvalue weighted by Gasteiger charge is 2.01. The van der Waals surface area contributed by atoms with E-state index in [2.05, 4.69) is 0 Å². The summed E-state index contributed by atoms with van der Waals surface area (Å²) in [4.78, 5) is 0. The van der Waals surface area contributed by atoms with E-state index < -0.39 is 6.10 Å². The zero-order valence-electron chi connectivity index (χ0n) is 9.98. The first-order valence-electron chi connectivity index (χ1n) is 5.64. The molecule has 1 rings (SSSR count). The molecule has 0 radical (unpaired) electrons. The molecule has 3 nitrogen and oxygen atoms in total. The highest BCUT2D eigenvalue weighted by molar-refractivity contribution is 5.29. The van der Waals surface area contributed by atoms with Crippen molar-refractivity contribution in [3.63, 3.8) is 0 Å². The molecule has 0 heterocycles. The van der Waals surface area contributed by atoms with E-state index in [0.29, 0.717) is 6.61 Å². The third-order valence-electron chi connectivity index (χ3n) is 2.35. The Morgan fingerprint density at radius 3 is 2.69 bits per heavy atom. The molecule has 0 unspecified atom stereocenters. The molecule has 1 aromatic carbocycles. The van der Waals surface area contributed by atoms with Crippen LogP contribution in [0.2, 0.25) is 0 Å². The molecule has 1 N–H and O–H groups in total. The molecular formula is C13H20O3. The second-order valence-electron chi connectivity index (χ2n) is 3.80. The lowest BCUT2D eigenvalue weighted by Crippen LogP contribution is -2.00. The average Bonchev–Trinajstić information content (AvgIpc) is 2.29. The van der Waals surface area contributed by atoms with Crippen LogP contribution in [0.5, 0.6) is 5.75 Å². The fourth-order valence-electron chi connectivity index (χ4n) is 1.40. The number of hydrogen-bond acceptors (Lipinski definition) is 3. The molecule has 0 saturated heterocycles. The van der Waals surface area contributed by atoms with Gasteiger partial charge in [-0.2, -0.15) is 0 Å². The highest BCUT2D eigenvalue weighted by Crippen LogP contribution is 2.18. The van der Waals surface area contributed by atoms with Gasteiger partial charge in [0, 0.05) is 13.7 Å². The van der Waals surface area contributed by atoms with Crippen LogP contribution >= 0.6 is 0 Å². The van der Waals surface area contributed by atoms with Crippen molar-refractivity contribution in [1.82, 2.24) is 0 Å². The van der Waals surface area contributed by atoms with E-state index >= 15 is 0 Å². The van der Waals surface area contributed by atoms with Gasteiger partial charge in [0.15, 0.2) is 0 Å². The fourth-order valence-corrected chi connectivity index (χ4v) is 1.40. The number of hydrogen-bond donors (Lipinski definition) is 1. The van der Waals surface area contributed by atoms with Gasteiger partial charge < -0.3 is 14.6 Å². The van der Waals surface area contributed by atoms with Crippen molar-refractivity contribution in [3.05, 3.63) is 29.8 Å². The molecular weight excluding hydrogens is 204 g/mol. The number of methoxy groups -OCH3 is 1. The molecule has 0 spiro atoms. The quantitative estimate of drug-likeness (QED) is 0.723. The molecule has 0 bridgehead atoms. The Hall–Kier alpha value is -1.06. The first-order chi connectivity index (χ1) is 7.74. The van der Waals surface area contributed by atoms with Gasteiger partial charge in [0.25, 0.3) is 0 Å². The summed E-state index contributed by atoms with van der Waals surface area (Å²) in [5.74, 6) is 0.816. The van der Waals surface area contributed by atoms with E-state index in [9.17, 15) is 5.11 Å². The molecule has 0 aliphatic heterocycles. The standard InChI is InChI=1S/C13H20O3/c1-11(14)12-6-5-7-13(10-12)16-9-4-3-8-15-2/h5-7,10-11,14H,3-4,8-9H2,1-2H3/t11-/m1/s1. The molecule has 0 fully saturated rings. The first-order valence-corrected chi connectivity index (χ1v) is 5.64. The monoisotopic (exact) mass is 224 g/mol. The van der Waals surface area contributed by atoms with Crippen LogP contribution in [0.3, 0.4) is 0 Å². The molecule has 0 amide bonds. The van der Waals surface area contributed by atoms with Crippen LogP contribution in [-0.4, -0.2) is 25.4 Å². The number of ether oxygens (including phenoxy) is 2. The molecule has 0 aliphatic carbocycles. The van der Waals surface area contributed by atoms with Crippen molar-refractivity contribution in [1.29, 1.82) is 0 Å². The van der Waals surface area contributed by atoms with Gasteiger partial charge >= 0.3 is 0 Å². The summed E-state index contributed by atoms with van der Waals surface area (Å²) >= 11 is 0. The topological polar surface area (TPSA) is 38.7 Å². The third kappa shape index (κ3) is 4.64. The van der Waals surface area contributed by atoms with E-state index in [-0.39, 0.29) is 0 Å². The zero-order chi connectivity index (χ0) is 11.8. The van der Waals surface area contributed by atoms with E-state index in [1.165, 1.54) is 0 Å². The van der Waals surface area contributed by atoms with Crippen LogP contribution in [-0.2, 0) is 4.74 Å². The van der Waals surface area contributed by atoms with Crippen molar-refractivity contribution in [2.75, 3.05) is 20.3 Å². The normalized spacial score (nSPS) is 12.4. The summed E-state index contributed by atoms with van der Waals surface area (Å²) in [7, 11) is 1.70. The van der Waals surface area contributed by atoms with Crippen molar-refractivity contribution in [3.8, 4) is 5.75 Å².